The second kappa shape index (κ2) is 7.07. The third-order valence-electron chi connectivity index (χ3n) is 3.89. The van der Waals surface area contributed by atoms with E-state index in [1.165, 1.54) is 18.4 Å². The number of hydrogen-bond donors (Lipinski definition) is 2. The third-order valence-corrected chi connectivity index (χ3v) is 4.13. The Morgan fingerprint density at radius 2 is 2.05 bits per heavy atom. The van der Waals surface area contributed by atoms with Crippen LogP contribution in [0.4, 0.5) is 5.82 Å². The maximum Gasteiger partial charge on any atom is 0.161 e. The molecule has 2 aromatic rings. The molecule has 0 aliphatic heterocycles. The molecule has 0 spiro atoms. The van der Waals surface area contributed by atoms with Crippen molar-refractivity contribution in [1.29, 1.82) is 0 Å². The Bertz CT molecular complexity index is 660. The van der Waals surface area contributed by atoms with E-state index in [2.05, 4.69) is 5.32 Å². The number of aromatic nitrogens is 2. The van der Waals surface area contributed by atoms with Gasteiger partial charge < -0.3 is 10.4 Å². The lowest BCUT2D eigenvalue weighted by atomic mass is 9.96. The van der Waals surface area contributed by atoms with Gasteiger partial charge in [0.1, 0.15) is 5.82 Å². The number of aliphatic hydroxyl groups excluding tert-OH is 1. The molecule has 0 saturated heterocycles. The van der Waals surface area contributed by atoms with Crippen LogP contribution in [0, 0.1) is 0 Å². The van der Waals surface area contributed by atoms with E-state index in [1.807, 2.05) is 24.3 Å². The maximum absolute atomic E-state index is 8.96. The molecule has 1 heterocycles. The van der Waals surface area contributed by atoms with Crippen LogP contribution >= 0.6 is 11.6 Å². The lowest BCUT2D eigenvalue weighted by Crippen LogP contribution is -2.14. The summed E-state index contributed by atoms with van der Waals surface area (Å²) < 4.78 is 0. The van der Waals surface area contributed by atoms with Crippen molar-refractivity contribution in [3.8, 4) is 11.4 Å². The fourth-order valence-corrected chi connectivity index (χ4v) is 2.97. The summed E-state index contributed by atoms with van der Waals surface area (Å²) in [6.07, 6.45) is 5.09. The highest BCUT2D eigenvalue weighted by Gasteiger charge is 2.18. The standard InChI is InChI=1S/C17H20ClN3O/c18-13-6-3-5-12(11-13)16-20-15-8-2-1-7-14(15)17(21-16)19-9-4-10-22/h3,5-6,11,22H,1-2,4,7-10H2,(H,19,20,21). The van der Waals surface area contributed by atoms with Crippen molar-refractivity contribution in [3.05, 3.63) is 40.5 Å². The average molecular weight is 318 g/mol. The van der Waals surface area contributed by atoms with Crippen LogP contribution in [-0.2, 0) is 12.8 Å². The first kappa shape index (κ1) is 15.3. The molecule has 4 nitrogen and oxygen atoms in total. The number of hydrogen-bond acceptors (Lipinski definition) is 4. The van der Waals surface area contributed by atoms with E-state index in [-0.39, 0.29) is 6.61 Å². The monoisotopic (exact) mass is 317 g/mol. The van der Waals surface area contributed by atoms with Crippen LogP contribution in [-0.4, -0.2) is 28.2 Å². The number of halogens is 1. The predicted molar refractivity (Wildman–Crippen MR) is 89.3 cm³/mol. The van der Waals surface area contributed by atoms with Crippen LogP contribution < -0.4 is 5.32 Å². The first-order valence-electron chi connectivity index (χ1n) is 7.78. The molecular formula is C17H20ClN3O. The van der Waals surface area contributed by atoms with Crippen molar-refractivity contribution in [2.75, 3.05) is 18.5 Å². The minimum atomic E-state index is 0.182. The van der Waals surface area contributed by atoms with Crippen LogP contribution in [0.15, 0.2) is 24.3 Å². The van der Waals surface area contributed by atoms with Gasteiger partial charge in [-0.05, 0) is 44.2 Å². The summed E-state index contributed by atoms with van der Waals surface area (Å²) >= 11 is 6.08. The Morgan fingerprint density at radius 1 is 1.18 bits per heavy atom. The van der Waals surface area contributed by atoms with E-state index < -0.39 is 0 Å². The smallest absolute Gasteiger partial charge is 0.161 e. The molecule has 116 valence electrons. The fourth-order valence-electron chi connectivity index (χ4n) is 2.78. The number of aryl methyl sites for hydroxylation is 1. The van der Waals surface area contributed by atoms with Crippen LogP contribution in [0.2, 0.25) is 5.02 Å². The topological polar surface area (TPSA) is 58.0 Å². The number of rotatable bonds is 5. The summed E-state index contributed by atoms with van der Waals surface area (Å²) in [5.74, 6) is 1.63. The van der Waals surface area contributed by atoms with E-state index in [0.29, 0.717) is 11.4 Å². The molecule has 1 aromatic carbocycles. The quantitative estimate of drug-likeness (QED) is 0.829. The number of anilines is 1. The SMILES string of the molecule is OCCCNc1nc(-c2cccc(Cl)c2)nc2c1CCCC2. The number of aliphatic hydroxyl groups is 1. The zero-order valence-electron chi connectivity index (χ0n) is 12.5. The molecule has 1 aliphatic rings. The summed E-state index contributed by atoms with van der Waals surface area (Å²) in [6.45, 7) is 0.899. The van der Waals surface area contributed by atoms with E-state index in [9.17, 15) is 0 Å². The van der Waals surface area contributed by atoms with Gasteiger partial charge in [-0.15, -0.1) is 0 Å². The molecule has 3 rings (SSSR count). The minimum absolute atomic E-state index is 0.182. The van der Waals surface area contributed by atoms with E-state index in [4.69, 9.17) is 26.7 Å². The first-order chi connectivity index (χ1) is 10.8. The molecule has 0 fully saturated rings. The van der Waals surface area contributed by atoms with Crippen LogP contribution in [0.25, 0.3) is 11.4 Å². The first-order valence-corrected chi connectivity index (χ1v) is 8.16. The van der Waals surface area contributed by atoms with Crippen molar-refractivity contribution >= 4 is 17.4 Å². The summed E-state index contributed by atoms with van der Waals surface area (Å²) in [4.78, 5) is 9.46. The van der Waals surface area contributed by atoms with Crippen LogP contribution in [0.3, 0.4) is 0 Å². The Morgan fingerprint density at radius 3 is 2.86 bits per heavy atom. The van der Waals surface area contributed by atoms with Gasteiger partial charge in [0.25, 0.3) is 0 Å². The Labute approximate surface area is 135 Å². The zero-order chi connectivity index (χ0) is 15.4. The van der Waals surface area contributed by atoms with Crippen molar-refractivity contribution in [2.24, 2.45) is 0 Å². The van der Waals surface area contributed by atoms with Gasteiger partial charge in [0, 0.05) is 35.0 Å². The molecule has 0 saturated carbocycles. The maximum atomic E-state index is 8.96. The molecule has 22 heavy (non-hydrogen) atoms. The van der Waals surface area contributed by atoms with Crippen molar-refractivity contribution in [1.82, 2.24) is 9.97 Å². The molecule has 0 unspecified atom stereocenters. The Balaban J connectivity index is 1.98. The Kier molecular flexibility index (Phi) is 4.90. The van der Waals surface area contributed by atoms with Crippen molar-refractivity contribution in [3.63, 3.8) is 0 Å². The number of benzene rings is 1. The van der Waals surface area contributed by atoms with Gasteiger partial charge >= 0.3 is 0 Å². The predicted octanol–water partition coefficient (Wildman–Crippen LogP) is 3.47. The minimum Gasteiger partial charge on any atom is -0.396 e. The normalized spacial score (nSPS) is 13.7. The summed E-state index contributed by atoms with van der Waals surface area (Å²) in [5, 5.41) is 13.0. The Hall–Kier alpha value is -1.65. The number of fused-ring (bicyclic) bond motifs is 1. The second-order valence-electron chi connectivity index (χ2n) is 5.54. The molecule has 1 aliphatic carbocycles. The molecule has 1 aromatic heterocycles. The second-order valence-corrected chi connectivity index (χ2v) is 5.98. The molecule has 2 N–H and O–H groups in total. The molecular weight excluding hydrogens is 298 g/mol. The zero-order valence-corrected chi connectivity index (χ0v) is 13.2. The van der Waals surface area contributed by atoms with Gasteiger partial charge in [-0.2, -0.15) is 0 Å². The molecule has 0 bridgehead atoms. The van der Waals surface area contributed by atoms with Gasteiger partial charge in [-0.1, -0.05) is 23.7 Å². The molecule has 0 amide bonds. The van der Waals surface area contributed by atoms with Gasteiger partial charge in [-0.25, -0.2) is 9.97 Å². The highest BCUT2D eigenvalue weighted by Crippen LogP contribution is 2.29. The molecule has 0 atom stereocenters. The molecule has 5 heteroatoms. The fraction of sp³-hybridized carbons (Fsp3) is 0.412. The van der Waals surface area contributed by atoms with E-state index in [0.717, 1.165) is 42.3 Å². The van der Waals surface area contributed by atoms with E-state index >= 15 is 0 Å². The van der Waals surface area contributed by atoms with Gasteiger partial charge in [0.05, 0.1) is 0 Å². The number of nitrogens with one attached hydrogen (secondary N) is 1. The van der Waals surface area contributed by atoms with Crippen LogP contribution in [0.5, 0.6) is 0 Å². The van der Waals surface area contributed by atoms with E-state index in [1.54, 1.807) is 0 Å². The highest BCUT2D eigenvalue weighted by molar-refractivity contribution is 6.30. The van der Waals surface area contributed by atoms with Crippen molar-refractivity contribution < 1.29 is 5.11 Å². The largest absolute Gasteiger partial charge is 0.396 e. The summed E-state index contributed by atoms with van der Waals surface area (Å²) in [6, 6.07) is 7.64. The summed E-state index contributed by atoms with van der Waals surface area (Å²) in [5.41, 5.74) is 3.31. The third kappa shape index (κ3) is 3.39. The van der Waals surface area contributed by atoms with Gasteiger partial charge in [-0.3, -0.25) is 0 Å². The van der Waals surface area contributed by atoms with Gasteiger partial charge in [0.2, 0.25) is 0 Å². The van der Waals surface area contributed by atoms with Crippen LogP contribution in [0.1, 0.15) is 30.5 Å². The average Bonchev–Trinajstić information content (AvgIpc) is 2.55. The highest BCUT2D eigenvalue weighted by atomic mass is 35.5. The lowest BCUT2D eigenvalue weighted by Gasteiger charge is -2.20. The number of nitrogens with zero attached hydrogens (tertiary/aromatic N) is 2. The van der Waals surface area contributed by atoms with Gasteiger partial charge in [0.15, 0.2) is 5.82 Å². The summed E-state index contributed by atoms with van der Waals surface area (Å²) in [7, 11) is 0. The van der Waals surface area contributed by atoms with Crippen molar-refractivity contribution in [2.45, 2.75) is 32.1 Å². The molecule has 0 radical (unpaired) electrons. The lowest BCUT2D eigenvalue weighted by molar-refractivity contribution is 0.292.